The lowest BCUT2D eigenvalue weighted by molar-refractivity contribution is 0.183. The fourth-order valence-corrected chi connectivity index (χ4v) is 3.65. The summed E-state index contributed by atoms with van der Waals surface area (Å²) in [5, 5.41) is 3.54. The minimum atomic E-state index is 0.870. The van der Waals surface area contributed by atoms with Crippen molar-refractivity contribution in [3.63, 3.8) is 0 Å². The molecule has 0 radical (unpaired) electrons. The van der Waals surface area contributed by atoms with Gasteiger partial charge < -0.3 is 10.2 Å². The molecule has 0 unspecified atom stereocenters. The monoisotopic (exact) mass is 322 g/mol. The molecule has 2 aromatic rings. The van der Waals surface area contributed by atoms with Crippen molar-refractivity contribution in [1.29, 1.82) is 0 Å². The van der Waals surface area contributed by atoms with Gasteiger partial charge in [-0.15, -0.1) is 0 Å². The van der Waals surface area contributed by atoms with Gasteiger partial charge >= 0.3 is 0 Å². The van der Waals surface area contributed by atoms with Crippen molar-refractivity contribution in [2.45, 2.75) is 32.6 Å². The second-order valence-electron chi connectivity index (χ2n) is 7.12. The fraction of sp³-hybridized carbons (Fsp3) is 0.455. The maximum absolute atomic E-state index is 3.54. The molecule has 128 valence electrons. The molecular formula is C22H30N2. The summed E-state index contributed by atoms with van der Waals surface area (Å²) in [4.78, 5) is 2.64. The molecule has 0 bridgehead atoms. The van der Waals surface area contributed by atoms with Crippen LogP contribution in [0.25, 0.3) is 0 Å². The Hall–Kier alpha value is -1.80. The lowest BCUT2D eigenvalue weighted by Gasteiger charge is -2.32. The molecule has 1 aliphatic rings. The Morgan fingerprint density at radius 3 is 2.54 bits per heavy atom. The molecule has 0 spiro atoms. The molecule has 1 heterocycles. The van der Waals surface area contributed by atoms with Crippen molar-refractivity contribution >= 4 is 5.69 Å². The van der Waals surface area contributed by atoms with Crippen molar-refractivity contribution in [3.05, 3.63) is 65.7 Å². The number of benzene rings is 2. The Balaban J connectivity index is 1.31. The number of rotatable bonds is 7. The molecule has 0 amide bonds. The van der Waals surface area contributed by atoms with Crippen LogP contribution in [0.1, 0.15) is 30.4 Å². The van der Waals surface area contributed by atoms with Crippen LogP contribution >= 0.6 is 0 Å². The van der Waals surface area contributed by atoms with E-state index in [9.17, 15) is 0 Å². The summed E-state index contributed by atoms with van der Waals surface area (Å²) in [7, 11) is 0. The van der Waals surface area contributed by atoms with E-state index in [0.29, 0.717) is 0 Å². The number of piperidine rings is 1. The van der Waals surface area contributed by atoms with Crippen molar-refractivity contribution in [1.82, 2.24) is 4.90 Å². The van der Waals surface area contributed by atoms with Gasteiger partial charge in [0.2, 0.25) is 0 Å². The van der Waals surface area contributed by atoms with Crippen LogP contribution in [0.3, 0.4) is 0 Å². The van der Waals surface area contributed by atoms with E-state index >= 15 is 0 Å². The molecule has 0 saturated carbocycles. The van der Waals surface area contributed by atoms with Crippen LogP contribution < -0.4 is 5.32 Å². The molecule has 0 aliphatic carbocycles. The molecule has 3 rings (SSSR count). The van der Waals surface area contributed by atoms with Gasteiger partial charge in [-0.3, -0.25) is 0 Å². The average Bonchev–Trinajstić information content (AvgIpc) is 2.61. The van der Waals surface area contributed by atoms with Crippen LogP contribution in [-0.4, -0.2) is 31.1 Å². The first-order valence-corrected chi connectivity index (χ1v) is 9.36. The van der Waals surface area contributed by atoms with Crippen LogP contribution in [0.2, 0.25) is 0 Å². The van der Waals surface area contributed by atoms with Crippen molar-refractivity contribution in [3.8, 4) is 0 Å². The second kappa shape index (κ2) is 8.89. The van der Waals surface area contributed by atoms with Gasteiger partial charge in [-0.1, -0.05) is 42.5 Å². The highest BCUT2D eigenvalue weighted by molar-refractivity contribution is 5.45. The molecule has 1 aliphatic heterocycles. The van der Waals surface area contributed by atoms with Gasteiger partial charge in [-0.2, -0.15) is 0 Å². The lowest BCUT2D eigenvalue weighted by Crippen LogP contribution is -2.35. The normalized spacial score (nSPS) is 16.2. The highest BCUT2D eigenvalue weighted by Crippen LogP contribution is 2.21. The summed E-state index contributed by atoms with van der Waals surface area (Å²) in [5.41, 5.74) is 4.07. The summed E-state index contributed by atoms with van der Waals surface area (Å²) < 4.78 is 0. The number of nitrogens with zero attached hydrogens (tertiary/aromatic N) is 1. The molecule has 1 fully saturated rings. The summed E-state index contributed by atoms with van der Waals surface area (Å²) in [5.74, 6) is 0.870. The number of nitrogens with one attached hydrogen (secondary N) is 1. The maximum atomic E-state index is 3.54. The first kappa shape index (κ1) is 17.0. The number of anilines is 1. The smallest absolute Gasteiger partial charge is 0.0342 e. The number of hydrogen-bond acceptors (Lipinski definition) is 2. The SMILES string of the molecule is Cc1cccc(NCCCN2CCC(Cc3ccccc3)CC2)c1. The third-order valence-electron chi connectivity index (χ3n) is 5.07. The quantitative estimate of drug-likeness (QED) is 0.740. The molecule has 24 heavy (non-hydrogen) atoms. The fourth-order valence-electron chi connectivity index (χ4n) is 3.65. The van der Waals surface area contributed by atoms with Gasteiger partial charge in [-0.05, 0) is 81.4 Å². The molecule has 1 N–H and O–H groups in total. The van der Waals surface area contributed by atoms with Gasteiger partial charge in [-0.25, -0.2) is 0 Å². The Labute approximate surface area is 146 Å². The van der Waals surface area contributed by atoms with Gasteiger partial charge in [0.25, 0.3) is 0 Å². The van der Waals surface area contributed by atoms with Crippen molar-refractivity contribution < 1.29 is 0 Å². The molecule has 0 aromatic heterocycles. The van der Waals surface area contributed by atoms with Crippen molar-refractivity contribution in [2.75, 3.05) is 31.5 Å². The van der Waals surface area contributed by atoms with E-state index in [0.717, 1.165) is 12.5 Å². The Bertz CT molecular complexity index is 600. The Morgan fingerprint density at radius 2 is 1.79 bits per heavy atom. The average molecular weight is 322 g/mol. The highest BCUT2D eigenvalue weighted by atomic mass is 15.1. The van der Waals surface area contributed by atoms with Gasteiger partial charge in [0.05, 0.1) is 0 Å². The van der Waals surface area contributed by atoms with E-state index in [-0.39, 0.29) is 0 Å². The summed E-state index contributed by atoms with van der Waals surface area (Å²) in [6, 6.07) is 19.6. The molecule has 1 saturated heterocycles. The summed E-state index contributed by atoms with van der Waals surface area (Å²) in [6.45, 7) is 6.96. The van der Waals surface area contributed by atoms with Gasteiger partial charge in [0.15, 0.2) is 0 Å². The molecule has 0 atom stereocenters. The van der Waals surface area contributed by atoms with Crippen LogP contribution in [0.4, 0.5) is 5.69 Å². The predicted octanol–water partition coefficient (Wildman–Crippen LogP) is 4.75. The first-order valence-electron chi connectivity index (χ1n) is 9.36. The largest absolute Gasteiger partial charge is 0.385 e. The Morgan fingerprint density at radius 1 is 1.00 bits per heavy atom. The highest BCUT2D eigenvalue weighted by Gasteiger charge is 2.18. The molecule has 2 aromatic carbocycles. The van der Waals surface area contributed by atoms with E-state index in [1.165, 1.54) is 62.1 Å². The zero-order chi connectivity index (χ0) is 16.6. The third kappa shape index (κ3) is 5.38. The molecule has 2 nitrogen and oxygen atoms in total. The predicted molar refractivity (Wildman–Crippen MR) is 104 cm³/mol. The summed E-state index contributed by atoms with van der Waals surface area (Å²) >= 11 is 0. The van der Waals surface area contributed by atoms with Crippen LogP contribution in [0, 0.1) is 12.8 Å². The number of hydrogen-bond donors (Lipinski definition) is 1. The number of likely N-dealkylation sites (tertiary alicyclic amines) is 1. The zero-order valence-electron chi connectivity index (χ0n) is 14.9. The minimum Gasteiger partial charge on any atom is -0.385 e. The van der Waals surface area contributed by atoms with E-state index in [2.05, 4.69) is 71.7 Å². The van der Waals surface area contributed by atoms with E-state index < -0.39 is 0 Å². The Kier molecular flexibility index (Phi) is 6.31. The van der Waals surface area contributed by atoms with E-state index in [1.54, 1.807) is 0 Å². The van der Waals surface area contributed by atoms with Crippen LogP contribution in [-0.2, 0) is 6.42 Å². The maximum Gasteiger partial charge on any atom is 0.0342 e. The number of aryl methyl sites for hydroxylation is 1. The summed E-state index contributed by atoms with van der Waals surface area (Å²) in [6.07, 6.45) is 5.17. The van der Waals surface area contributed by atoms with E-state index in [1.807, 2.05) is 0 Å². The van der Waals surface area contributed by atoms with E-state index in [4.69, 9.17) is 0 Å². The van der Waals surface area contributed by atoms with Gasteiger partial charge in [0.1, 0.15) is 0 Å². The zero-order valence-corrected chi connectivity index (χ0v) is 14.9. The topological polar surface area (TPSA) is 15.3 Å². The first-order chi connectivity index (χ1) is 11.8. The van der Waals surface area contributed by atoms with Gasteiger partial charge in [0, 0.05) is 12.2 Å². The lowest BCUT2D eigenvalue weighted by atomic mass is 9.90. The standard InChI is InChI=1S/C22H30N2/c1-19-7-5-10-22(17-19)23-13-6-14-24-15-11-21(12-16-24)18-20-8-3-2-4-9-20/h2-5,7-10,17,21,23H,6,11-16,18H2,1H3. The minimum absolute atomic E-state index is 0.870. The molecular weight excluding hydrogens is 292 g/mol. The van der Waals surface area contributed by atoms with Crippen LogP contribution in [0.15, 0.2) is 54.6 Å². The third-order valence-corrected chi connectivity index (χ3v) is 5.07. The molecule has 2 heteroatoms. The second-order valence-corrected chi connectivity index (χ2v) is 7.12. The van der Waals surface area contributed by atoms with Crippen LogP contribution in [0.5, 0.6) is 0 Å². The van der Waals surface area contributed by atoms with Crippen molar-refractivity contribution in [2.24, 2.45) is 5.92 Å².